The minimum Gasteiger partial charge on any atom is -0.497 e. The van der Waals surface area contributed by atoms with Gasteiger partial charge in [0.1, 0.15) is 11.5 Å². The van der Waals surface area contributed by atoms with Gasteiger partial charge in [-0.2, -0.15) is 0 Å². The molecule has 0 aliphatic carbocycles. The molecule has 0 aliphatic heterocycles. The summed E-state index contributed by atoms with van der Waals surface area (Å²) in [5.41, 5.74) is 1.30. The molecule has 3 heteroatoms. The van der Waals surface area contributed by atoms with Crippen LogP contribution in [0.3, 0.4) is 0 Å². The van der Waals surface area contributed by atoms with Crippen LogP contribution in [0.2, 0.25) is 25.7 Å². The van der Waals surface area contributed by atoms with Gasteiger partial charge in [-0.3, -0.25) is 0 Å². The predicted molar refractivity (Wildman–Crippen MR) is 71.4 cm³/mol. The lowest BCUT2D eigenvalue weighted by molar-refractivity contribution is 0.393. The van der Waals surface area contributed by atoms with E-state index in [4.69, 9.17) is 9.47 Å². The lowest BCUT2D eigenvalue weighted by atomic mass is 10.1. The van der Waals surface area contributed by atoms with Gasteiger partial charge in [0.05, 0.1) is 14.2 Å². The molecule has 0 fully saturated rings. The smallest absolute Gasteiger partial charge is 0.122 e. The molecule has 0 atom stereocenters. The van der Waals surface area contributed by atoms with Crippen molar-refractivity contribution in [1.29, 1.82) is 0 Å². The summed E-state index contributed by atoms with van der Waals surface area (Å²) < 4.78 is 10.5. The van der Waals surface area contributed by atoms with E-state index in [0.717, 1.165) is 17.9 Å². The topological polar surface area (TPSA) is 18.5 Å². The van der Waals surface area contributed by atoms with Gasteiger partial charge >= 0.3 is 0 Å². The van der Waals surface area contributed by atoms with Crippen LogP contribution in [-0.4, -0.2) is 22.3 Å². The average molecular weight is 238 g/mol. The molecule has 1 aromatic carbocycles. The third-order valence-electron chi connectivity index (χ3n) is 2.57. The van der Waals surface area contributed by atoms with Crippen LogP contribution in [0.5, 0.6) is 11.5 Å². The fourth-order valence-electron chi connectivity index (χ4n) is 1.53. The zero-order valence-corrected chi connectivity index (χ0v) is 12.0. The Morgan fingerprint density at radius 1 is 0.938 bits per heavy atom. The molecule has 90 valence electrons. The zero-order valence-electron chi connectivity index (χ0n) is 11.0. The average Bonchev–Trinajstić information content (AvgIpc) is 2.25. The van der Waals surface area contributed by atoms with Gasteiger partial charge in [0.15, 0.2) is 0 Å². The first-order valence-corrected chi connectivity index (χ1v) is 9.37. The Morgan fingerprint density at radius 3 is 1.81 bits per heavy atom. The van der Waals surface area contributed by atoms with Gasteiger partial charge in [0.25, 0.3) is 0 Å². The summed E-state index contributed by atoms with van der Waals surface area (Å²) >= 11 is 0. The number of benzene rings is 1. The molecule has 2 nitrogen and oxygen atoms in total. The molecule has 1 aromatic rings. The van der Waals surface area contributed by atoms with E-state index >= 15 is 0 Å². The number of ether oxygens (including phenoxy) is 2. The third kappa shape index (κ3) is 4.27. The van der Waals surface area contributed by atoms with Crippen molar-refractivity contribution in [3.8, 4) is 11.5 Å². The van der Waals surface area contributed by atoms with Crippen molar-refractivity contribution < 1.29 is 9.47 Å². The molecule has 0 saturated carbocycles. The van der Waals surface area contributed by atoms with E-state index in [0.29, 0.717) is 0 Å². The molecule has 0 N–H and O–H groups in total. The summed E-state index contributed by atoms with van der Waals surface area (Å²) in [6.07, 6.45) is 1.11. The summed E-state index contributed by atoms with van der Waals surface area (Å²) in [5, 5.41) is 0. The minimum absolute atomic E-state index is 0.880. The maximum atomic E-state index is 5.26. The van der Waals surface area contributed by atoms with Crippen molar-refractivity contribution in [2.45, 2.75) is 32.1 Å². The van der Waals surface area contributed by atoms with E-state index in [1.165, 1.54) is 11.6 Å². The quantitative estimate of drug-likeness (QED) is 0.730. The standard InChI is InChI=1S/C13H22O2Si/c1-14-12-8-11(6-7-16(3,4)5)9-13(10-12)15-2/h8-10H,6-7H2,1-5H3. The van der Waals surface area contributed by atoms with Crippen molar-refractivity contribution >= 4 is 8.07 Å². The van der Waals surface area contributed by atoms with Crippen LogP contribution in [0.15, 0.2) is 18.2 Å². The van der Waals surface area contributed by atoms with Crippen LogP contribution in [0.25, 0.3) is 0 Å². The van der Waals surface area contributed by atoms with E-state index in [1.54, 1.807) is 14.2 Å². The SMILES string of the molecule is COc1cc(CC[Si](C)(C)C)cc(OC)c1. The molecular formula is C13H22O2Si. The van der Waals surface area contributed by atoms with Gasteiger partial charge in [-0.25, -0.2) is 0 Å². The molecule has 0 heterocycles. The highest BCUT2D eigenvalue weighted by molar-refractivity contribution is 6.76. The molecule has 0 unspecified atom stereocenters. The van der Waals surface area contributed by atoms with Gasteiger partial charge < -0.3 is 9.47 Å². The summed E-state index contributed by atoms with van der Waals surface area (Å²) in [7, 11) is 2.41. The van der Waals surface area contributed by atoms with Crippen molar-refractivity contribution in [2.75, 3.05) is 14.2 Å². The molecule has 1 rings (SSSR count). The van der Waals surface area contributed by atoms with Gasteiger partial charge in [0.2, 0.25) is 0 Å². The Balaban J connectivity index is 2.79. The fourth-order valence-corrected chi connectivity index (χ4v) is 2.57. The Morgan fingerprint density at radius 2 is 1.44 bits per heavy atom. The highest BCUT2D eigenvalue weighted by Crippen LogP contribution is 2.24. The van der Waals surface area contributed by atoms with Crippen LogP contribution in [0, 0.1) is 0 Å². The summed E-state index contributed by atoms with van der Waals surface area (Å²) in [4.78, 5) is 0. The van der Waals surface area contributed by atoms with Crippen molar-refractivity contribution in [3.63, 3.8) is 0 Å². The Kier molecular flexibility index (Phi) is 4.41. The second-order valence-corrected chi connectivity index (χ2v) is 10.9. The lowest BCUT2D eigenvalue weighted by Gasteiger charge is -2.16. The number of rotatable bonds is 5. The van der Waals surface area contributed by atoms with Crippen molar-refractivity contribution in [2.24, 2.45) is 0 Å². The van der Waals surface area contributed by atoms with Crippen LogP contribution < -0.4 is 9.47 Å². The van der Waals surface area contributed by atoms with Gasteiger partial charge in [-0.1, -0.05) is 25.7 Å². The highest BCUT2D eigenvalue weighted by atomic mass is 28.3. The fraction of sp³-hybridized carbons (Fsp3) is 0.538. The van der Waals surface area contributed by atoms with Crippen molar-refractivity contribution in [1.82, 2.24) is 0 Å². The van der Waals surface area contributed by atoms with E-state index in [9.17, 15) is 0 Å². The molecule has 16 heavy (non-hydrogen) atoms. The Labute approximate surface area is 99.6 Å². The van der Waals surface area contributed by atoms with E-state index < -0.39 is 8.07 Å². The van der Waals surface area contributed by atoms with Gasteiger partial charge in [-0.15, -0.1) is 0 Å². The molecule has 0 radical (unpaired) electrons. The second kappa shape index (κ2) is 5.39. The summed E-state index contributed by atoms with van der Waals surface area (Å²) in [6.45, 7) is 7.18. The highest BCUT2D eigenvalue weighted by Gasteiger charge is 2.13. The number of methoxy groups -OCH3 is 2. The summed E-state index contributed by atoms with van der Waals surface area (Å²) in [5.74, 6) is 1.76. The molecule has 0 bridgehead atoms. The third-order valence-corrected chi connectivity index (χ3v) is 4.32. The van der Waals surface area contributed by atoms with Crippen LogP contribution in [-0.2, 0) is 6.42 Å². The lowest BCUT2D eigenvalue weighted by Crippen LogP contribution is -2.19. The maximum Gasteiger partial charge on any atom is 0.122 e. The van der Waals surface area contributed by atoms with Crippen LogP contribution in [0.1, 0.15) is 5.56 Å². The molecular weight excluding hydrogens is 216 g/mol. The largest absolute Gasteiger partial charge is 0.497 e. The second-order valence-electron chi connectivity index (χ2n) is 5.28. The maximum absolute atomic E-state index is 5.26. The molecule has 0 aromatic heterocycles. The number of hydrogen-bond donors (Lipinski definition) is 0. The number of hydrogen-bond acceptors (Lipinski definition) is 2. The van der Waals surface area contributed by atoms with E-state index in [2.05, 4.69) is 31.8 Å². The Hall–Kier alpha value is -0.963. The van der Waals surface area contributed by atoms with Crippen LogP contribution in [0.4, 0.5) is 0 Å². The molecule has 0 spiro atoms. The van der Waals surface area contributed by atoms with Crippen LogP contribution >= 0.6 is 0 Å². The first kappa shape index (κ1) is 13.1. The van der Waals surface area contributed by atoms with E-state index in [1.807, 2.05) is 6.07 Å². The molecule has 0 aliphatic rings. The first-order valence-electron chi connectivity index (χ1n) is 5.66. The first-order chi connectivity index (χ1) is 7.44. The molecule has 0 saturated heterocycles. The monoisotopic (exact) mass is 238 g/mol. The summed E-state index contributed by atoms with van der Waals surface area (Å²) in [6, 6.07) is 7.41. The number of aryl methyl sites for hydroxylation is 1. The predicted octanol–water partition coefficient (Wildman–Crippen LogP) is 3.58. The molecule has 0 amide bonds. The minimum atomic E-state index is -0.977. The Bertz CT molecular complexity index is 320. The normalized spacial score (nSPS) is 11.3. The zero-order chi connectivity index (χ0) is 12.2. The van der Waals surface area contributed by atoms with Gasteiger partial charge in [0, 0.05) is 14.1 Å². The van der Waals surface area contributed by atoms with Gasteiger partial charge in [-0.05, 0) is 24.1 Å². The van der Waals surface area contributed by atoms with E-state index in [-0.39, 0.29) is 0 Å². The van der Waals surface area contributed by atoms with Crippen molar-refractivity contribution in [3.05, 3.63) is 23.8 Å².